The molecule has 1 atom stereocenters. The zero-order valence-corrected chi connectivity index (χ0v) is 10.9. The molecule has 16 heavy (non-hydrogen) atoms. The lowest BCUT2D eigenvalue weighted by molar-refractivity contribution is 0.104. The summed E-state index contributed by atoms with van der Waals surface area (Å²) in [4.78, 5) is 5.11. The average Bonchev–Trinajstić information content (AvgIpc) is 2.57. The molecular weight excluding hydrogens is 198 g/mol. The van der Waals surface area contributed by atoms with Crippen LogP contribution in [-0.4, -0.2) is 62.2 Å². The van der Waals surface area contributed by atoms with E-state index in [1.165, 1.54) is 58.3 Å². The van der Waals surface area contributed by atoms with Gasteiger partial charge in [0.2, 0.25) is 0 Å². The molecule has 0 saturated carbocycles. The van der Waals surface area contributed by atoms with Crippen molar-refractivity contribution >= 4 is 0 Å². The maximum atomic E-state index is 3.57. The Hall–Kier alpha value is -0.120. The van der Waals surface area contributed by atoms with E-state index in [1.807, 2.05) is 0 Å². The van der Waals surface area contributed by atoms with E-state index in [1.54, 1.807) is 0 Å². The van der Waals surface area contributed by atoms with Gasteiger partial charge in [-0.25, -0.2) is 0 Å². The molecule has 0 amide bonds. The molecule has 2 aliphatic heterocycles. The minimum atomic E-state index is 0.774. The standard InChI is InChI=1S/C13H27N3/c1-15-9-6-12(7-10-15)16(2)13-5-3-4-8-14-11-13/h12-14H,3-11H2,1-2H3. The van der Waals surface area contributed by atoms with E-state index >= 15 is 0 Å². The minimum absolute atomic E-state index is 0.774. The fourth-order valence-corrected chi connectivity index (χ4v) is 3.05. The summed E-state index contributed by atoms with van der Waals surface area (Å²) in [7, 11) is 4.58. The monoisotopic (exact) mass is 225 g/mol. The Morgan fingerprint density at radius 3 is 2.56 bits per heavy atom. The molecule has 2 saturated heterocycles. The second-order valence-electron chi connectivity index (χ2n) is 5.55. The molecule has 2 heterocycles. The average molecular weight is 225 g/mol. The van der Waals surface area contributed by atoms with Crippen molar-refractivity contribution in [3.05, 3.63) is 0 Å². The largest absolute Gasteiger partial charge is 0.315 e. The summed E-state index contributed by atoms with van der Waals surface area (Å²) in [5.74, 6) is 0. The molecule has 3 nitrogen and oxygen atoms in total. The van der Waals surface area contributed by atoms with Gasteiger partial charge in [-0.2, -0.15) is 0 Å². The molecular formula is C13H27N3. The molecule has 0 aromatic heterocycles. The van der Waals surface area contributed by atoms with Crippen molar-refractivity contribution in [3.8, 4) is 0 Å². The number of hydrogen-bond acceptors (Lipinski definition) is 3. The van der Waals surface area contributed by atoms with Crippen molar-refractivity contribution < 1.29 is 0 Å². The van der Waals surface area contributed by atoms with Crippen LogP contribution in [0.2, 0.25) is 0 Å². The number of nitrogens with one attached hydrogen (secondary N) is 1. The fourth-order valence-electron chi connectivity index (χ4n) is 3.05. The van der Waals surface area contributed by atoms with Crippen LogP contribution in [0.4, 0.5) is 0 Å². The van der Waals surface area contributed by atoms with Crippen LogP contribution >= 0.6 is 0 Å². The van der Waals surface area contributed by atoms with E-state index in [0.717, 1.165) is 12.1 Å². The van der Waals surface area contributed by atoms with Crippen molar-refractivity contribution in [2.75, 3.05) is 40.3 Å². The van der Waals surface area contributed by atoms with Crippen LogP contribution in [-0.2, 0) is 0 Å². The molecule has 1 N–H and O–H groups in total. The van der Waals surface area contributed by atoms with Gasteiger partial charge >= 0.3 is 0 Å². The van der Waals surface area contributed by atoms with Gasteiger partial charge in [0.25, 0.3) is 0 Å². The first-order valence-electron chi connectivity index (χ1n) is 6.88. The van der Waals surface area contributed by atoms with Crippen LogP contribution in [0, 0.1) is 0 Å². The van der Waals surface area contributed by atoms with E-state index in [-0.39, 0.29) is 0 Å². The normalized spacial score (nSPS) is 30.6. The fraction of sp³-hybridized carbons (Fsp3) is 1.00. The maximum Gasteiger partial charge on any atom is 0.0220 e. The van der Waals surface area contributed by atoms with Crippen LogP contribution in [0.25, 0.3) is 0 Å². The summed E-state index contributed by atoms with van der Waals surface area (Å²) in [6, 6.07) is 1.59. The zero-order valence-electron chi connectivity index (χ0n) is 10.9. The molecule has 0 bridgehead atoms. The Labute approximate surface area is 100 Å². The van der Waals surface area contributed by atoms with Gasteiger partial charge in [-0.05, 0) is 59.4 Å². The second kappa shape index (κ2) is 5.99. The quantitative estimate of drug-likeness (QED) is 0.761. The Bertz CT molecular complexity index is 191. The van der Waals surface area contributed by atoms with E-state index in [0.29, 0.717) is 0 Å². The van der Waals surface area contributed by atoms with Gasteiger partial charge in [0.1, 0.15) is 0 Å². The first-order chi connectivity index (χ1) is 7.77. The zero-order chi connectivity index (χ0) is 11.4. The van der Waals surface area contributed by atoms with Crippen LogP contribution in [0.15, 0.2) is 0 Å². The van der Waals surface area contributed by atoms with Crippen LogP contribution in [0.5, 0.6) is 0 Å². The molecule has 0 aromatic rings. The molecule has 3 heteroatoms. The van der Waals surface area contributed by atoms with Gasteiger partial charge in [-0.1, -0.05) is 6.42 Å². The van der Waals surface area contributed by atoms with Crippen molar-refractivity contribution in [2.24, 2.45) is 0 Å². The Balaban J connectivity index is 1.83. The summed E-state index contributed by atoms with van der Waals surface area (Å²) >= 11 is 0. The lowest BCUT2D eigenvalue weighted by atomic mass is 10.0. The van der Waals surface area contributed by atoms with E-state index < -0.39 is 0 Å². The Kier molecular flexibility index (Phi) is 4.62. The summed E-state index contributed by atoms with van der Waals surface area (Å²) in [5.41, 5.74) is 0. The SMILES string of the molecule is CN1CCC(N(C)C2CCCCNC2)CC1. The Morgan fingerprint density at radius 2 is 1.81 bits per heavy atom. The number of likely N-dealkylation sites (N-methyl/N-ethyl adjacent to an activating group) is 1. The van der Waals surface area contributed by atoms with Crippen LogP contribution in [0.3, 0.4) is 0 Å². The van der Waals surface area contributed by atoms with Gasteiger partial charge in [-0.15, -0.1) is 0 Å². The number of rotatable bonds is 2. The van der Waals surface area contributed by atoms with E-state index in [9.17, 15) is 0 Å². The highest BCUT2D eigenvalue weighted by Gasteiger charge is 2.26. The summed E-state index contributed by atoms with van der Waals surface area (Å²) in [5, 5.41) is 3.57. The van der Waals surface area contributed by atoms with Crippen LogP contribution in [0.1, 0.15) is 32.1 Å². The van der Waals surface area contributed by atoms with Crippen molar-refractivity contribution in [3.63, 3.8) is 0 Å². The smallest absolute Gasteiger partial charge is 0.0220 e. The molecule has 2 rings (SSSR count). The highest BCUT2D eigenvalue weighted by atomic mass is 15.2. The Morgan fingerprint density at radius 1 is 1.06 bits per heavy atom. The molecule has 0 spiro atoms. The molecule has 0 aromatic carbocycles. The third-order valence-electron chi connectivity index (χ3n) is 4.36. The second-order valence-corrected chi connectivity index (χ2v) is 5.55. The number of likely N-dealkylation sites (tertiary alicyclic amines) is 1. The highest BCUT2D eigenvalue weighted by Crippen LogP contribution is 2.19. The number of nitrogens with zero attached hydrogens (tertiary/aromatic N) is 2. The van der Waals surface area contributed by atoms with Gasteiger partial charge in [0, 0.05) is 18.6 Å². The molecule has 94 valence electrons. The first kappa shape index (κ1) is 12.3. The topological polar surface area (TPSA) is 18.5 Å². The first-order valence-corrected chi connectivity index (χ1v) is 6.88. The third kappa shape index (κ3) is 3.19. The summed E-state index contributed by atoms with van der Waals surface area (Å²) < 4.78 is 0. The summed E-state index contributed by atoms with van der Waals surface area (Å²) in [6.45, 7) is 4.96. The van der Waals surface area contributed by atoms with Crippen molar-refractivity contribution in [2.45, 2.75) is 44.2 Å². The molecule has 0 radical (unpaired) electrons. The lowest BCUT2D eigenvalue weighted by Crippen LogP contribution is -2.48. The maximum absolute atomic E-state index is 3.57. The van der Waals surface area contributed by atoms with E-state index in [2.05, 4.69) is 29.2 Å². The van der Waals surface area contributed by atoms with Crippen molar-refractivity contribution in [1.82, 2.24) is 15.1 Å². The predicted octanol–water partition coefficient (Wildman–Crippen LogP) is 1.15. The number of hydrogen-bond donors (Lipinski definition) is 1. The molecule has 2 aliphatic rings. The van der Waals surface area contributed by atoms with Gasteiger partial charge in [-0.3, -0.25) is 4.90 Å². The van der Waals surface area contributed by atoms with Gasteiger partial charge in [0.05, 0.1) is 0 Å². The summed E-state index contributed by atoms with van der Waals surface area (Å²) in [6.07, 6.45) is 6.84. The van der Waals surface area contributed by atoms with E-state index in [4.69, 9.17) is 0 Å². The van der Waals surface area contributed by atoms with Gasteiger partial charge in [0.15, 0.2) is 0 Å². The molecule has 2 fully saturated rings. The highest BCUT2D eigenvalue weighted by molar-refractivity contribution is 4.83. The van der Waals surface area contributed by atoms with Crippen molar-refractivity contribution in [1.29, 1.82) is 0 Å². The van der Waals surface area contributed by atoms with Crippen LogP contribution < -0.4 is 5.32 Å². The third-order valence-corrected chi connectivity index (χ3v) is 4.36. The minimum Gasteiger partial charge on any atom is -0.315 e. The number of piperidine rings is 1. The predicted molar refractivity (Wildman–Crippen MR) is 68.8 cm³/mol. The lowest BCUT2D eigenvalue weighted by Gasteiger charge is -2.39. The van der Waals surface area contributed by atoms with Gasteiger partial charge < -0.3 is 10.2 Å². The molecule has 0 aliphatic carbocycles. The molecule has 1 unspecified atom stereocenters.